The first-order valence-corrected chi connectivity index (χ1v) is 11.0. The van der Waals surface area contributed by atoms with Crippen LogP contribution in [0.1, 0.15) is 35.0 Å². The molecule has 0 radical (unpaired) electrons. The van der Waals surface area contributed by atoms with Crippen LogP contribution in [-0.4, -0.2) is 36.3 Å². The Balaban J connectivity index is 1.23. The monoisotopic (exact) mass is 449 g/mol. The molecule has 0 saturated heterocycles. The molecule has 0 amide bonds. The average Bonchev–Trinajstić information content (AvgIpc) is 3.49. The first-order chi connectivity index (χ1) is 15.5. The molecule has 9 heteroatoms. The molecule has 1 saturated carbocycles. The van der Waals surface area contributed by atoms with Crippen LogP contribution in [0, 0.1) is 19.8 Å². The normalized spacial score (nSPS) is 17.5. The lowest BCUT2D eigenvalue weighted by Gasteiger charge is -2.12. The van der Waals surface area contributed by atoms with Crippen LogP contribution >= 0.6 is 11.6 Å². The van der Waals surface area contributed by atoms with E-state index in [0.29, 0.717) is 36.0 Å². The Kier molecular flexibility index (Phi) is 5.38. The molecule has 1 aliphatic carbocycles. The summed E-state index contributed by atoms with van der Waals surface area (Å²) in [7, 11) is 1.92. The highest BCUT2D eigenvalue weighted by atomic mass is 35.5. The van der Waals surface area contributed by atoms with E-state index in [2.05, 4.69) is 31.4 Å². The summed E-state index contributed by atoms with van der Waals surface area (Å²) in [6.07, 6.45) is 2.81. The van der Waals surface area contributed by atoms with Crippen LogP contribution in [0.5, 0.6) is 6.01 Å². The first-order valence-electron chi connectivity index (χ1n) is 10.6. The van der Waals surface area contributed by atoms with E-state index >= 15 is 0 Å². The minimum absolute atomic E-state index is 0.283. The van der Waals surface area contributed by atoms with Gasteiger partial charge in [0.25, 0.3) is 0 Å². The van der Waals surface area contributed by atoms with Gasteiger partial charge in [0.15, 0.2) is 0 Å². The molecule has 1 N–H and O–H groups in total. The zero-order chi connectivity index (χ0) is 22.2. The lowest BCUT2D eigenvalue weighted by Crippen LogP contribution is -2.10. The number of rotatable bonds is 7. The van der Waals surface area contributed by atoms with E-state index in [1.165, 1.54) is 0 Å². The molecule has 0 bridgehead atoms. The van der Waals surface area contributed by atoms with Gasteiger partial charge >= 0.3 is 6.01 Å². The fraction of sp³-hybridized carbons (Fsp3) is 0.348. The number of fused-ring (bicyclic) bond motifs is 1. The highest BCUT2D eigenvalue weighted by Crippen LogP contribution is 2.47. The number of halogens is 1. The molecule has 4 aromatic heterocycles. The van der Waals surface area contributed by atoms with Crippen molar-refractivity contribution in [1.29, 1.82) is 0 Å². The Morgan fingerprint density at radius 2 is 2.03 bits per heavy atom. The minimum Gasteiger partial charge on any atom is -0.463 e. The standard InChI is InChI=1S/C23H24ClN7O/c1-13-9-16(31(3)30-13)11-26-22-14(2)21(24)28-23(29-22)32-12-15-10-17(15)18-6-7-19-20(27-18)5-4-8-25-19/h4-9,15,17H,10-12H2,1-3H3,(H,26,28,29)/t15-,17+/m1/s1. The molecule has 0 aromatic carbocycles. The van der Waals surface area contributed by atoms with Gasteiger partial charge in [-0.25, -0.2) is 0 Å². The van der Waals surface area contributed by atoms with E-state index in [4.69, 9.17) is 21.3 Å². The molecule has 0 spiro atoms. The molecule has 164 valence electrons. The second-order valence-electron chi connectivity index (χ2n) is 8.22. The molecule has 1 aliphatic rings. The van der Waals surface area contributed by atoms with Crippen molar-refractivity contribution in [3.05, 3.63) is 64.3 Å². The number of nitrogens with one attached hydrogen (secondary N) is 1. The van der Waals surface area contributed by atoms with E-state index in [1.54, 1.807) is 6.20 Å². The Labute approximate surface area is 191 Å². The molecule has 5 rings (SSSR count). The molecule has 4 heterocycles. The zero-order valence-electron chi connectivity index (χ0n) is 18.2. The summed E-state index contributed by atoms with van der Waals surface area (Å²) in [4.78, 5) is 17.9. The van der Waals surface area contributed by atoms with Crippen molar-refractivity contribution in [3.63, 3.8) is 0 Å². The van der Waals surface area contributed by atoms with Crippen LogP contribution in [0.3, 0.4) is 0 Å². The Morgan fingerprint density at radius 1 is 1.16 bits per heavy atom. The maximum absolute atomic E-state index is 6.34. The van der Waals surface area contributed by atoms with Crippen LogP contribution in [-0.2, 0) is 13.6 Å². The average molecular weight is 450 g/mol. The minimum atomic E-state index is 0.283. The fourth-order valence-electron chi connectivity index (χ4n) is 3.87. The van der Waals surface area contributed by atoms with E-state index in [0.717, 1.165) is 40.1 Å². The summed E-state index contributed by atoms with van der Waals surface area (Å²) in [5.74, 6) is 1.43. The van der Waals surface area contributed by atoms with Gasteiger partial charge in [-0.1, -0.05) is 11.6 Å². The van der Waals surface area contributed by atoms with Gasteiger partial charge in [-0.3, -0.25) is 14.6 Å². The molecule has 0 unspecified atom stereocenters. The highest BCUT2D eigenvalue weighted by molar-refractivity contribution is 6.30. The first kappa shape index (κ1) is 20.6. The number of nitrogens with zero attached hydrogens (tertiary/aromatic N) is 6. The van der Waals surface area contributed by atoms with E-state index in [-0.39, 0.29) is 6.01 Å². The zero-order valence-corrected chi connectivity index (χ0v) is 19.0. The molecular formula is C23H24ClN7O. The Hall–Kier alpha value is -3.26. The van der Waals surface area contributed by atoms with Crippen molar-refractivity contribution < 1.29 is 4.74 Å². The number of hydrogen-bond donors (Lipinski definition) is 1. The number of anilines is 1. The quantitative estimate of drug-likeness (QED) is 0.422. The van der Waals surface area contributed by atoms with Crippen LogP contribution in [0.25, 0.3) is 11.0 Å². The molecule has 8 nitrogen and oxygen atoms in total. The Morgan fingerprint density at radius 3 is 2.84 bits per heavy atom. The van der Waals surface area contributed by atoms with Gasteiger partial charge in [-0.15, -0.1) is 0 Å². The second-order valence-corrected chi connectivity index (χ2v) is 8.57. The SMILES string of the molecule is Cc1cc(CNc2nc(OC[C@H]3C[C@@H]3c3ccc4ncccc4n3)nc(Cl)c2C)n(C)n1. The molecule has 4 aromatic rings. The van der Waals surface area contributed by atoms with Gasteiger partial charge in [0.2, 0.25) is 0 Å². The third-order valence-corrected chi connectivity index (χ3v) is 6.18. The van der Waals surface area contributed by atoms with E-state index in [1.807, 2.05) is 49.8 Å². The van der Waals surface area contributed by atoms with Crippen molar-refractivity contribution >= 4 is 28.5 Å². The van der Waals surface area contributed by atoms with Crippen molar-refractivity contribution in [2.45, 2.75) is 32.7 Å². The molecule has 1 fully saturated rings. The largest absolute Gasteiger partial charge is 0.463 e. The number of aromatic nitrogens is 6. The summed E-state index contributed by atoms with van der Waals surface area (Å²) in [6, 6.07) is 10.3. The maximum atomic E-state index is 6.34. The van der Waals surface area contributed by atoms with Gasteiger partial charge in [0, 0.05) is 36.3 Å². The number of aryl methyl sites for hydroxylation is 2. The lowest BCUT2D eigenvalue weighted by molar-refractivity contribution is 0.274. The predicted molar refractivity (Wildman–Crippen MR) is 123 cm³/mol. The van der Waals surface area contributed by atoms with Crippen LogP contribution in [0.4, 0.5) is 5.82 Å². The van der Waals surface area contributed by atoms with Gasteiger partial charge < -0.3 is 10.1 Å². The lowest BCUT2D eigenvalue weighted by atomic mass is 10.2. The van der Waals surface area contributed by atoms with Crippen LogP contribution in [0.2, 0.25) is 5.15 Å². The molecule has 2 atom stereocenters. The smallest absolute Gasteiger partial charge is 0.319 e. The third-order valence-electron chi connectivity index (χ3n) is 5.81. The maximum Gasteiger partial charge on any atom is 0.319 e. The Bertz CT molecular complexity index is 1290. The van der Waals surface area contributed by atoms with E-state index in [9.17, 15) is 0 Å². The summed E-state index contributed by atoms with van der Waals surface area (Å²) in [5, 5.41) is 8.08. The van der Waals surface area contributed by atoms with Crippen molar-refractivity contribution in [2.24, 2.45) is 13.0 Å². The van der Waals surface area contributed by atoms with Crippen LogP contribution in [0.15, 0.2) is 36.5 Å². The van der Waals surface area contributed by atoms with Gasteiger partial charge in [0.05, 0.1) is 35.6 Å². The molecular weight excluding hydrogens is 426 g/mol. The number of hydrogen-bond acceptors (Lipinski definition) is 7. The number of pyridine rings is 2. The van der Waals surface area contributed by atoms with E-state index < -0.39 is 0 Å². The third kappa shape index (κ3) is 4.23. The molecule has 0 aliphatic heterocycles. The highest BCUT2D eigenvalue weighted by Gasteiger charge is 2.40. The number of ether oxygens (including phenoxy) is 1. The van der Waals surface area contributed by atoms with Crippen LogP contribution < -0.4 is 10.1 Å². The van der Waals surface area contributed by atoms with Gasteiger partial charge in [0.1, 0.15) is 11.0 Å². The van der Waals surface area contributed by atoms with Crippen molar-refractivity contribution in [3.8, 4) is 6.01 Å². The van der Waals surface area contributed by atoms with Crippen molar-refractivity contribution in [2.75, 3.05) is 11.9 Å². The summed E-state index contributed by atoms with van der Waals surface area (Å²) in [6.45, 7) is 4.97. The van der Waals surface area contributed by atoms with Gasteiger partial charge in [-0.05, 0) is 50.6 Å². The second kappa shape index (κ2) is 8.35. The summed E-state index contributed by atoms with van der Waals surface area (Å²) in [5.41, 5.74) is 5.73. The van der Waals surface area contributed by atoms with Crippen molar-refractivity contribution in [1.82, 2.24) is 29.7 Å². The van der Waals surface area contributed by atoms with Gasteiger partial charge in [-0.2, -0.15) is 15.1 Å². The molecule has 32 heavy (non-hydrogen) atoms. The fourth-order valence-corrected chi connectivity index (χ4v) is 4.03. The predicted octanol–water partition coefficient (Wildman–Crippen LogP) is 4.22. The topological polar surface area (TPSA) is 90.6 Å². The summed E-state index contributed by atoms with van der Waals surface area (Å²) >= 11 is 6.34. The summed E-state index contributed by atoms with van der Waals surface area (Å²) < 4.78 is 7.77.